The van der Waals surface area contributed by atoms with Crippen molar-refractivity contribution >= 4 is 40.1 Å². The Morgan fingerprint density at radius 3 is 2.68 bits per heavy atom. The number of thiazole rings is 1. The highest BCUT2D eigenvalue weighted by molar-refractivity contribution is 7.99. The molecule has 1 amide bonds. The van der Waals surface area contributed by atoms with E-state index in [1.165, 1.54) is 11.8 Å². The molecule has 34 heavy (non-hydrogen) atoms. The third-order valence-corrected chi connectivity index (χ3v) is 6.61. The SMILES string of the molecule is C=CCn1c(SCC(=O)Nc2nc(C)c(C(=O)OCC)s2)nnc1C(C)Oc1ccc(C)cc1. The van der Waals surface area contributed by atoms with E-state index in [1.54, 1.807) is 19.9 Å². The van der Waals surface area contributed by atoms with E-state index >= 15 is 0 Å². The minimum atomic E-state index is -0.445. The molecule has 2 aromatic heterocycles. The van der Waals surface area contributed by atoms with Gasteiger partial charge in [-0.05, 0) is 39.8 Å². The number of aromatic nitrogens is 4. The van der Waals surface area contributed by atoms with Crippen LogP contribution in [-0.4, -0.2) is 44.0 Å². The molecule has 2 heterocycles. The zero-order chi connectivity index (χ0) is 24.7. The smallest absolute Gasteiger partial charge is 0.350 e. The summed E-state index contributed by atoms with van der Waals surface area (Å²) in [5.74, 6) is 0.751. The van der Waals surface area contributed by atoms with Gasteiger partial charge >= 0.3 is 5.97 Å². The van der Waals surface area contributed by atoms with Crippen LogP contribution in [0, 0.1) is 13.8 Å². The third-order valence-electron chi connectivity index (χ3n) is 4.59. The van der Waals surface area contributed by atoms with E-state index in [0.717, 1.165) is 22.6 Å². The van der Waals surface area contributed by atoms with Crippen LogP contribution in [-0.2, 0) is 16.1 Å². The number of hydrogen-bond donors (Lipinski definition) is 1. The molecule has 0 saturated carbocycles. The monoisotopic (exact) mass is 501 g/mol. The second-order valence-electron chi connectivity index (χ2n) is 7.30. The first-order chi connectivity index (χ1) is 16.3. The van der Waals surface area contributed by atoms with Gasteiger partial charge in [0.25, 0.3) is 0 Å². The number of anilines is 1. The first-order valence-electron chi connectivity index (χ1n) is 10.7. The van der Waals surface area contributed by atoms with Gasteiger partial charge in [0.05, 0.1) is 18.1 Å². The van der Waals surface area contributed by atoms with Crippen LogP contribution in [0.4, 0.5) is 5.13 Å². The number of ether oxygens (including phenoxy) is 2. The number of carbonyl (C=O) groups excluding carboxylic acids is 2. The Kier molecular flexibility index (Phi) is 8.83. The van der Waals surface area contributed by atoms with Crippen molar-refractivity contribution in [3.05, 3.63) is 58.9 Å². The van der Waals surface area contributed by atoms with E-state index in [0.29, 0.717) is 33.2 Å². The van der Waals surface area contributed by atoms with Crippen LogP contribution in [0.15, 0.2) is 42.1 Å². The maximum atomic E-state index is 12.5. The van der Waals surface area contributed by atoms with Gasteiger partial charge in [0.15, 0.2) is 22.2 Å². The summed E-state index contributed by atoms with van der Waals surface area (Å²) in [6.07, 6.45) is 1.39. The highest BCUT2D eigenvalue weighted by atomic mass is 32.2. The Bertz CT molecular complexity index is 1160. The minimum Gasteiger partial charge on any atom is -0.483 e. The van der Waals surface area contributed by atoms with E-state index in [1.807, 2.05) is 42.7 Å². The second-order valence-corrected chi connectivity index (χ2v) is 9.25. The molecule has 3 rings (SSSR count). The number of allylic oxidation sites excluding steroid dienone is 1. The van der Waals surface area contributed by atoms with Gasteiger partial charge in [0.1, 0.15) is 10.6 Å². The molecule has 1 N–H and O–H groups in total. The number of carbonyl (C=O) groups is 2. The number of esters is 1. The Labute approximate surface area is 206 Å². The van der Waals surface area contributed by atoms with Gasteiger partial charge in [-0.15, -0.1) is 16.8 Å². The van der Waals surface area contributed by atoms with Crippen LogP contribution < -0.4 is 10.1 Å². The topological polar surface area (TPSA) is 108 Å². The zero-order valence-electron chi connectivity index (χ0n) is 19.5. The minimum absolute atomic E-state index is 0.0931. The van der Waals surface area contributed by atoms with Gasteiger partial charge in [-0.2, -0.15) is 0 Å². The average molecular weight is 502 g/mol. The fourth-order valence-corrected chi connectivity index (χ4v) is 4.63. The average Bonchev–Trinajstić information content (AvgIpc) is 3.37. The fourth-order valence-electron chi connectivity index (χ4n) is 3.00. The van der Waals surface area contributed by atoms with Crippen LogP contribution in [0.2, 0.25) is 0 Å². The van der Waals surface area contributed by atoms with E-state index in [9.17, 15) is 9.59 Å². The molecule has 0 saturated heterocycles. The number of nitrogens with one attached hydrogen (secondary N) is 1. The molecule has 0 radical (unpaired) electrons. The van der Waals surface area contributed by atoms with Crippen LogP contribution in [0.1, 0.15) is 46.7 Å². The van der Waals surface area contributed by atoms with Crippen LogP contribution in [0.25, 0.3) is 0 Å². The van der Waals surface area contributed by atoms with E-state index in [2.05, 4.69) is 27.1 Å². The maximum absolute atomic E-state index is 12.5. The zero-order valence-corrected chi connectivity index (χ0v) is 21.2. The van der Waals surface area contributed by atoms with Crippen molar-refractivity contribution in [2.24, 2.45) is 0 Å². The number of thioether (sulfide) groups is 1. The second kappa shape index (κ2) is 11.8. The molecule has 1 atom stereocenters. The number of amides is 1. The molecule has 11 heteroatoms. The fraction of sp³-hybridized carbons (Fsp3) is 0.348. The highest BCUT2D eigenvalue weighted by Gasteiger charge is 2.21. The molecule has 1 unspecified atom stereocenters. The molecule has 0 aliphatic heterocycles. The summed E-state index contributed by atoms with van der Waals surface area (Å²) in [6.45, 7) is 11.9. The number of aryl methyl sites for hydroxylation is 2. The predicted molar refractivity (Wildman–Crippen MR) is 133 cm³/mol. The number of hydrogen-bond acceptors (Lipinski definition) is 9. The van der Waals surface area contributed by atoms with Crippen molar-refractivity contribution in [3.8, 4) is 5.75 Å². The predicted octanol–water partition coefficient (Wildman–Crippen LogP) is 4.58. The molecule has 0 fully saturated rings. The molecule has 3 aromatic rings. The summed E-state index contributed by atoms with van der Waals surface area (Å²) in [5, 5.41) is 12.2. The molecule has 0 spiro atoms. The quantitative estimate of drug-likeness (QED) is 0.231. The first kappa shape index (κ1) is 25.4. The van der Waals surface area contributed by atoms with Crippen LogP contribution in [0.5, 0.6) is 5.75 Å². The summed E-state index contributed by atoms with van der Waals surface area (Å²) < 4.78 is 12.9. The Morgan fingerprint density at radius 1 is 1.26 bits per heavy atom. The van der Waals surface area contributed by atoms with Gasteiger partial charge in [-0.25, -0.2) is 9.78 Å². The molecular weight excluding hydrogens is 474 g/mol. The summed E-state index contributed by atoms with van der Waals surface area (Å²) in [4.78, 5) is 29.1. The molecular formula is C23H27N5O4S2. The number of rotatable bonds is 11. The van der Waals surface area contributed by atoms with Gasteiger partial charge in [0.2, 0.25) is 5.91 Å². The maximum Gasteiger partial charge on any atom is 0.350 e. The first-order valence-corrected chi connectivity index (χ1v) is 12.5. The summed E-state index contributed by atoms with van der Waals surface area (Å²) in [7, 11) is 0. The molecule has 0 aliphatic rings. The lowest BCUT2D eigenvalue weighted by Gasteiger charge is -2.15. The Morgan fingerprint density at radius 2 is 2.00 bits per heavy atom. The Hall–Kier alpha value is -3.18. The van der Waals surface area contributed by atoms with Crippen molar-refractivity contribution in [2.75, 3.05) is 17.7 Å². The molecule has 1 aromatic carbocycles. The number of nitrogens with zero attached hydrogens (tertiary/aromatic N) is 4. The van der Waals surface area contributed by atoms with Crippen molar-refractivity contribution < 1.29 is 19.1 Å². The van der Waals surface area contributed by atoms with Crippen molar-refractivity contribution in [3.63, 3.8) is 0 Å². The van der Waals surface area contributed by atoms with E-state index < -0.39 is 5.97 Å². The summed E-state index contributed by atoms with van der Waals surface area (Å²) in [6, 6.07) is 7.79. The van der Waals surface area contributed by atoms with E-state index in [4.69, 9.17) is 9.47 Å². The normalized spacial score (nSPS) is 11.6. The van der Waals surface area contributed by atoms with Crippen LogP contribution in [0.3, 0.4) is 0 Å². The molecule has 180 valence electrons. The van der Waals surface area contributed by atoms with Gasteiger partial charge in [-0.1, -0.05) is 46.9 Å². The lowest BCUT2D eigenvalue weighted by atomic mass is 10.2. The highest BCUT2D eigenvalue weighted by Crippen LogP contribution is 2.26. The molecule has 9 nitrogen and oxygen atoms in total. The van der Waals surface area contributed by atoms with Gasteiger partial charge < -0.3 is 14.8 Å². The third kappa shape index (κ3) is 6.45. The van der Waals surface area contributed by atoms with Gasteiger partial charge in [-0.3, -0.25) is 9.36 Å². The summed E-state index contributed by atoms with van der Waals surface area (Å²) in [5.41, 5.74) is 1.67. The lowest BCUT2D eigenvalue weighted by Crippen LogP contribution is -2.15. The molecule has 0 bridgehead atoms. The largest absolute Gasteiger partial charge is 0.483 e. The van der Waals surface area contributed by atoms with Crippen molar-refractivity contribution in [1.82, 2.24) is 19.7 Å². The van der Waals surface area contributed by atoms with Crippen molar-refractivity contribution in [2.45, 2.75) is 45.5 Å². The number of benzene rings is 1. The van der Waals surface area contributed by atoms with E-state index in [-0.39, 0.29) is 24.4 Å². The molecule has 0 aliphatic carbocycles. The van der Waals surface area contributed by atoms with Gasteiger partial charge in [0, 0.05) is 6.54 Å². The lowest BCUT2D eigenvalue weighted by molar-refractivity contribution is -0.113. The standard InChI is InChI=1S/C23H27N5O4S2/c1-6-12-28-20(16(5)32-17-10-8-14(3)9-11-17)26-27-23(28)33-13-18(29)25-22-24-15(4)19(34-22)21(30)31-7-2/h6,8-11,16H,1,7,12-13H2,2-5H3,(H,24,25,29). The Balaban J connectivity index is 1.64. The summed E-state index contributed by atoms with van der Waals surface area (Å²) >= 11 is 2.33. The van der Waals surface area contributed by atoms with Crippen LogP contribution >= 0.6 is 23.1 Å². The van der Waals surface area contributed by atoms with Crippen molar-refractivity contribution in [1.29, 1.82) is 0 Å².